The van der Waals surface area contributed by atoms with Crippen LogP contribution < -0.4 is 11.5 Å². The average Bonchev–Trinajstić information content (AvgIpc) is 3.04. The van der Waals surface area contributed by atoms with E-state index in [1.807, 2.05) is 25.1 Å². The molecule has 8 N–H and O–H groups in total. The number of aromatic hydroxyl groups is 2. The zero-order valence-corrected chi connectivity index (χ0v) is 33.9. The van der Waals surface area contributed by atoms with Gasteiger partial charge in [0.1, 0.15) is 21.2 Å². The van der Waals surface area contributed by atoms with Crippen molar-refractivity contribution in [1.29, 1.82) is 0 Å². The molecule has 0 aliphatic rings. The summed E-state index contributed by atoms with van der Waals surface area (Å²) in [5.74, 6) is -0.898. The molecule has 0 atom stereocenters. The first-order valence-electron chi connectivity index (χ1n) is 14.6. The number of aryl methyl sites for hydroxylation is 2. The van der Waals surface area contributed by atoms with Crippen LogP contribution in [-0.2, 0) is 20.2 Å². The Morgan fingerprint density at radius 2 is 1.08 bits per heavy atom. The number of nitrogens with two attached hydrogens (primary N) is 2. The summed E-state index contributed by atoms with van der Waals surface area (Å²) in [6.45, 7) is 3.60. The topological polar surface area (TPSA) is 251 Å². The smallest absolute Gasteiger partial charge is 0.296 e. The van der Waals surface area contributed by atoms with Gasteiger partial charge in [-0.2, -0.15) is 27.1 Å². The normalized spacial score (nSPS) is 12.0. The zero-order chi connectivity index (χ0) is 36.1. The number of benzene rings is 6. The first-order valence-corrected chi connectivity index (χ1v) is 17.5. The van der Waals surface area contributed by atoms with E-state index in [2.05, 4.69) is 20.5 Å². The maximum Gasteiger partial charge on any atom is 0.296 e. The molecule has 0 heterocycles. The molecule has 0 fully saturated rings. The number of phenols is 2. The van der Waals surface area contributed by atoms with Crippen molar-refractivity contribution in [3.05, 3.63) is 96.1 Å². The van der Waals surface area contributed by atoms with Gasteiger partial charge in [-0.05, 0) is 90.7 Å². The molecule has 256 valence electrons. The van der Waals surface area contributed by atoms with E-state index in [-0.39, 0.29) is 97.7 Å². The van der Waals surface area contributed by atoms with Crippen LogP contribution in [0.3, 0.4) is 0 Å². The summed E-state index contributed by atoms with van der Waals surface area (Å²) in [5, 5.41) is 38.8. The number of nitrogen functional groups attached to an aromatic ring is 2. The minimum Gasteiger partial charge on any atom is -0.505 e. The Bertz CT molecular complexity index is 2690. The second-order valence-electron chi connectivity index (χ2n) is 11.4. The predicted octanol–water partition coefficient (Wildman–Crippen LogP) is 7.42. The summed E-state index contributed by atoms with van der Waals surface area (Å²) in [6, 6.07) is 21.6. The molecule has 0 saturated heterocycles. The summed E-state index contributed by atoms with van der Waals surface area (Å²) >= 11 is 0. The SMILES string of the molecule is Cc1cc(-c2ccc(N=Nc3c(S(=O)(=O)O)cc4c(N)cccc4c3O)c(C)c2)ccc1N=Nc1ccc2c(S(=O)(=O)O)ccc(N)c2c1O.[Na].[Na]. The number of phenolic OH excluding ortho intramolecular Hbond substituents is 2. The summed E-state index contributed by atoms with van der Waals surface area (Å²) in [4.78, 5) is -1.04. The molecular weight excluding hydrogens is 731 g/mol. The van der Waals surface area contributed by atoms with Gasteiger partial charge >= 0.3 is 0 Å². The van der Waals surface area contributed by atoms with E-state index >= 15 is 0 Å². The molecule has 18 heteroatoms. The van der Waals surface area contributed by atoms with Crippen LogP contribution in [0.2, 0.25) is 0 Å². The molecule has 0 bridgehead atoms. The number of hydrogen-bond acceptors (Lipinski definition) is 12. The number of nitrogens with zero attached hydrogens (tertiary/aromatic N) is 4. The van der Waals surface area contributed by atoms with Crippen LogP contribution in [0.1, 0.15) is 11.1 Å². The van der Waals surface area contributed by atoms with Crippen molar-refractivity contribution >= 4 is 135 Å². The third-order valence-corrected chi connectivity index (χ3v) is 9.84. The monoisotopic (exact) mass is 758 g/mol. The van der Waals surface area contributed by atoms with Crippen molar-refractivity contribution in [2.45, 2.75) is 23.6 Å². The summed E-state index contributed by atoms with van der Waals surface area (Å²) in [5.41, 5.74) is 15.8. The molecule has 0 saturated carbocycles. The van der Waals surface area contributed by atoms with Crippen molar-refractivity contribution in [3.8, 4) is 22.6 Å². The number of rotatable bonds is 7. The number of anilines is 2. The molecule has 0 aliphatic carbocycles. The minimum absolute atomic E-state index is 0. The van der Waals surface area contributed by atoms with Gasteiger partial charge in [-0.1, -0.05) is 30.3 Å². The van der Waals surface area contributed by atoms with E-state index < -0.39 is 47.2 Å². The molecule has 0 aromatic heterocycles. The van der Waals surface area contributed by atoms with Gasteiger partial charge in [0.2, 0.25) is 0 Å². The molecule has 6 aromatic rings. The van der Waals surface area contributed by atoms with Crippen LogP contribution in [0, 0.1) is 13.8 Å². The largest absolute Gasteiger partial charge is 0.505 e. The summed E-state index contributed by atoms with van der Waals surface area (Å²) in [6.07, 6.45) is 0. The first kappa shape index (κ1) is 40.8. The van der Waals surface area contributed by atoms with Gasteiger partial charge in [0.05, 0.1) is 16.8 Å². The fourth-order valence-corrected chi connectivity index (χ4v) is 6.85. The Kier molecular flexibility index (Phi) is 12.2. The van der Waals surface area contributed by atoms with Crippen LogP contribution in [0.4, 0.5) is 34.1 Å². The fraction of sp³-hybridized carbons (Fsp3) is 0.0588. The maximum atomic E-state index is 12.2. The minimum atomic E-state index is -4.80. The second-order valence-corrected chi connectivity index (χ2v) is 14.2. The van der Waals surface area contributed by atoms with Gasteiger partial charge in [-0.3, -0.25) is 9.11 Å². The Hall–Kier alpha value is -3.94. The molecule has 6 aromatic carbocycles. The van der Waals surface area contributed by atoms with Crippen molar-refractivity contribution in [3.63, 3.8) is 0 Å². The van der Waals surface area contributed by atoms with Gasteiger partial charge < -0.3 is 21.7 Å². The van der Waals surface area contributed by atoms with Gasteiger partial charge in [0.15, 0.2) is 11.5 Å². The Morgan fingerprint density at radius 3 is 1.63 bits per heavy atom. The average molecular weight is 759 g/mol. The van der Waals surface area contributed by atoms with E-state index in [0.717, 1.165) is 28.8 Å². The number of azo groups is 2. The van der Waals surface area contributed by atoms with Gasteiger partial charge in [0, 0.05) is 86.6 Å². The van der Waals surface area contributed by atoms with Crippen LogP contribution in [0.5, 0.6) is 11.5 Å². The first-order chi connectivity index (χ1) is 23.5. The van der Waals surface area contributed by atoms with E-state index in [1.54, 1.807) is 31.2 Å². The Labute approximate surface area is 342 Å². The van der Waals surface area contributed by atoms with Gasteiger partial charge in [-0.25, -0.2) is 0 Å². The molecule has 14 nitrogen and oxygen atoms in total. The predicted molar refractivity (Wildman–Crippen MR) is 201 cm³/mol. The molecule has 52 heavy (non-hydrogen) atoms. The second kappa shape index (κ2) is 15.6. The van der Waals surface area contributed by atoms with Crippen LogP contribution in [0.25, 0.3) is 32.7 Å². The van der Waals surface area contributed by atoms with Crippen molar-refractivity contribution in [2.75, 3.05) is 11.5 Å². The Morgan fingerprint density at radius 1 is 0.538 bits per heavy atom. The van der Waals surface area contributed by atoms with E-state index in [1.165, 1.54) is 30.3 Å². The number of fused-ring (bicyclic) bond motifs is 2. The van der Waals surface area contributed by atoms with Crippen LogP contribution in [0.15, 0.2) is 115 Å². The van der Waals surface area contributed by atoms with E-state index in [0.29, 0.717) is 16.9 Å². The molecule has 0 spiro atoms. The van der Waals surface area contributed by atoms with Crippen molar-refractivity contribution in [1.82, 2.24) is 0 Å². The van der Waals surface area contributed by atoms with Gasteiger partial charge in [0.25, 0.3) is 20.2 Å². The van der Waals surface area contributed by atoms with Crippen molar-refractivity contribution < 1.29 is 36.2 Å². The third kappa shape index (κ3) is 8.01. The van der Waals surface area contributed by atoms with E-state index in [4.69, 9.17) is 11.5 Å². The quantitative estimate of drug-likeness (QED) is 0.0407. The maximum absolute atomic E-state index is 12.2. The standard InChI is InChI=1S/C34H28N6O8S2.2Na/c1-17-14-19(6-10-26(17)37-39-28-12-8-22-29(49(43,44)45)13-9-25(36)31(22)34(28)42)20-7-11-27(18(2)15-20)38-40-32-30(50(46,47)48)16-23-21(33(32)41)4-3-5-24(23)35;;/h3-16,41-42H,35-36H2,1-2H3,(H,43,44,45)(H,46,47,48);;. The number of hydrogen-bond donors (Lipinski definition) is 6. The molecule has 6 rings (SSSR count). The zero-order valence-electron chi connectivity index (χ0n) is 28.3. The van der Waals surface area contributed by atoms with Crippen LogP contribution in [-0.4, -0.2) is 95.3 Å². The molecular formula is C34H28N6Na2O8S2. The van der Waals surface area contributed by atoms with Gasteiger partial charge in [-0.15, -0.1) is 10.2 Å². The summed E-state index contributed by atoms with van der Waals surface area (Å²) < 4.78 is 67.3. The van der Waals surface area contributed by atoms with Crippen LogP contribution >= 0.6 is 0 Å². The molecule has 0 unspecified atom stereocenters. The summed E-state index contributed by atoms with van der Waals surface area (Å²) in [7, 11) is -9.37. The molecule has 0 amide bonds. The fourth-order valence-electron chi connectivity index (χ4n) is 5.52. The van der Waals surface area contributed by atoms with E-state index in [9.17, 15) is 36.2 Å². The molecule has 2 radical (unpaired) electrons. The molecule has 0 aliphatic heterocycles. The van der Waals surface area contributed by atoms with Crippen molar-refractivity contribution in [2.24, 2.45) is 20.5 Å². The third-order valence-electron chi connectivity index (χ3n) is 8.06. The Balaban J connectivity index is 0.00000302.